The van der Waals surface area contributed by atoms with Gasteiger partial charge in [0.1, 0.15) is 11.9 Å². The zero-order valence-corrected chi connectivity index (χ0v) is 15.4. The van der Waals surface area contributed by atoms with Gasteiger partial charge in [-0.2, -0.15) is 0 Å². The molecule has 27 heavy (non-hydrogen) atoms. The third kappa shape index (κ3) is 3.77. The van der Waals surface area contributed by atoms with Crippen molar-refractivity contribution in [3.05, 3.63) is 46.0 Å². The molecule has 1 aromatic carbocycles. The maximum absolute atomic E-state index is 12.9. The Kier molecular flexibility index (Phi) is 5.13. The van der Waals surface area contributed by atoms with Crippen LogP contribution in [-0.2, 0) is 22.7 Å². The molecule has 2 atom stereocenters. The molecule has 142 valence electrons. The van der Waals surface area contributed by atoms with E-state index in [0.717, 1.165) is 0 Å². The molecule has 0 spiro atoms. The second kappa shape index (κ2) is 7.35. The van der Waals surface area contributed by atoms with Crippen molar-refractivity contribution < 1.29 is 19.6 Å². The quantitative estimate of drug-likeness (QED) is 0.460. The van der Waals surface area contributed by atoms with Crippen molar-refractivity contribution in [2.75, 3.05) is 0 Å². The van der Waals surface area contributed by atoms with Crippen LogP contribution in [0.3, 0.4) is 0 Å². The summed E-state index contributed by atoms with van der Waals surface area (Å²) in [5, 5.41) is 27.7. The first-order valence-electron chi connectivity index (χ1n) is 8.11. The van der Waals surface area contributed by atoms with E-state index in [4.69, 9.17) is 0 Å². The summed E-state index contributed by atoms with van der Waals surface area (Å²) in [6.07, 6.45) is 0. The van der Waals surface area contributed by atoms with Gasteiger partial charge >= 0.3 is 5.97 Å². The molecule has 2 heterocycles. The van der Waals surface area contributed by atoms with Gasteiger partial charge in [-0.05, 0) is 26.0 Å². The number of non-ortho nitro benzene ring substituents is 1. The van der Waals surface area contributed by atoms with Crippen LogP contribution in [0, 0.1) is 17.0 Å². The first kappa shape index (κ1) is 18.8. The molecule has 11 heteroatoms. The summed E-state index contributed by atoms with van der Waals surface area (Å²) in [4.78, 5) is 36.8. The van der Waals surface area contributed by atoms with Crippen molar-refractivity contribution in [2.24, 2.45) is 0 Å². The molecule has 1 N–H and O–H groups in total. The van der Waals surface area contributed by atoms with E-state index in [1.807, 2.05) is 0 Å². The molecule has 1 aliphatic heterocycles. The minimum absolute atomic E-state index is 0.0324. The Hall–Kier alpha value is -2.95. The number of carboxylic acids is 1. The summed E-state index contributed by atoms with van der Waals surface area (Å²) in [6, 6.07) is 4.87. The van der Waals surface area contributed by atoms with Crippen LogP contribution >= 0.6 is 11.8 Å². The Bertz CT molecular complexity index is 897. The Morgan fingerprint density at radius 3 is 2.59 bits per heavy atom. The van der Waals surface area contributed by atoms with Crippen LogP contribution in [0.15, 0.2) is 29.2 Å². The number of nitro groups is 1. The van der Waals surface area contributed by atoms with E-state index >= 15 is 0 Å². The highest BCUT2D eigenvalue weighted by atomic mass is 32.2. The topological polar surface area (TPSA) is 131 Å². The molecule has 1 aliphatic rings. The first-order valence-corrected chi connectivity index (χ1v) is 8.99. The second-order valence-corrected chi connectivity index (χ2v) is 7.52. The maximum Gasteiger partial charge on any atom is 0.328 e. The number of carbonyl (C=O) groups is 2. The number of amides is 1. The van der Waals surface area contributed by atoms with Gasteiger partial charge in [0.15, 0.2) is 5.82 Å². The molecule has 1 aromatic heterocycles. The lowest BCUT2D eigenvalue weighted by molar-refractivity contribution is -0.384. The van der Waals surface area contributed by atoms with Crippen molar-refractivity contribution in [3.8, 4) is 0 Å². The highest BCUT2D eigenvalue weighted by Crippen LogP contribution is 2.28. The number of fused-ring (bicyclic) bond motifs is 1. The zero-order valence-electron chi connectivity index (χ0n) is 14.6. The van der Waals surface area contributed by atoms with Gasteiger partial charge in [-0.15, -0.1) is 22.0 Å². The van der Waals surface area contributed by atoms with Crippen LogP contribution in [0.1, 0.15) is 18.6 Å². The lowest BCUT2D eigenvalue weighted by Gasteiger charge is -2.34. The number of carboxylic acid groups (broad SMARTS) is 1. The van der Waals surface area contributed by atoms with E-state index in [9.17, 15) is 24.8 Å². The predicted octanol–water partition coefficient (Wildman–Crippen LogP) is 1.47. The van der Waals surface area contributed by atoms with Gasteiger partial charge in [-0.3, -0.25) is 14.9 Å². The first-order chi connectivity index (χ1) is 12.8. The molecule has 2 unspecified atom stereocenters. The van der Waals surface area contributed by atoms with Crippen molar-refractivity contribution in [1.29, 1.82) is 0 Å². The molecule has 2 aromatic rings. The van der Waals surface area contributed by atoms with Crippen LogP contribution in [0.2, 0.25) is 0 Å². The number of nitrogens with zero attached hydrogens (tertiary/aromatic N) is 5. The summed E-state index contributed by atoms with van der Waals surface area (Å²) in [6.45, 7) is 3.59. The minimum Gasteiger partial charge on any atom is -0.480 e. The number of nitro benzene ring substituents is 1. The fraction of sp³-hybridized carbons (Fsp3) is 0.375. The molecule has 0 saturated carbocycles. The molecule has 1 amide bonds. The number of aliphatic carboxylic acids is 1. The second-order valence-electron chi connectivity index (χ2n) is 6.11. The number of thioether (sulfide) groups is 1. The summed E-state index contributed by atoms with van der Waals surface area (Å²) in [7, 11) is 0. The van der Waals surface area contributed by atoms with E-state index in [-0.39, 0.29) is 24.7 Å². The molecular weight excluding hydrogens is 374 g/mol. The summed E-state index contributed by atoms with van der Waals surface area (Å²) in [5.74, 6) is -0.269. The number of hydrogen-bond acceptors (Lipinski definition) is 7. The standard InChI is InChI=1S/C16H17N5O5S/c1-9(27-12-5-3-11(4-6-12)21(25)26)15(22)20-8-14-18-17-10(2)19(14)7-13(20)16(23)24/h3-6,9,13H,7-8H2,1-2H3,(H,23,24). The largest absolute Gasteiger partial charge is 0.480 e. The summed E-state index contributed by atoms with van der Waals surface area (Å²) >= 11 is 1.22. The van der Waals surface area contributed by atoms with E-state index in [2.05, 4.69) is 10.2 Å². The summed E-state index contributed by atoms with van der Waals surface area (Å²) < 4.78 is 1.71. The number of hydrogen-bond donors (Lipinski definition) is 1. The highest BCUT2D eigenvalue weighted by molar-refractivity contribution is 8.00. The van der Waals surface area contributed by atoms with Gasteiger partial charge in [-0.1, -0.05) is 0 Å². The number of carbonyl (C=O) groups excluding carboxylic acids is 1. The van der Waals surface area contributed by atoms with E-state index in [1.54, 1.807) is 30.5 Å². The molecule has 3 rings (SSSR count). The average molecular weight is 391 g/mol. The molecule has 0 aliphatic carbocycles. The minimum atomic E-state index is -1.09. The molecule has 0 saturated heterocycles. The molecular formula is C16H17N5O5S. The third-order valence-electron chi connectivity index (χ3n) is 4.33. The normalized spacial score (nSPS) is 17.3. The average Bonchev–Trinajstić information content (AvgIpc) is 3.00. The number of aryl methyl sites for hydroxylation is 1. The number of aromatic nitrogens is 3. The molecule has 0 bridgehead atoms. The fourth-order valence-electron chi connectivity index (χ4n) is 2.89. The van der Waals surface area contributed by atoms with Crippen molar-refractivity contribution in [2.45, 2.75) is 43.1 Å². The third-order valence-corrected chi connectivity index (χ3v) is 5.43. The zero-order chi connectivity index (χ0) is 19.7. The Morgan fingerprint density at radius 1 is 1.33 bits per heavy atom. The molecule has 0 fully saturated rings. The van der Waals surface area contributed by atoms with Crippen LogP contribution in [0.5, 0.6) is 0 Å². The molecule has 10 nitrogen and oxygen atoms in total. The highest BCUT2D eigenvalue weighted by Gasteiger charge is 2.38. The van der Waals surface area contributed by atoms with Gasteiger partial charge in [0.25, 0.3) is 5.69 Å². The van der Waals surface area contributed by atoms with Gasteiger partial charge in [-0.25, -0.2) is 4.79 Å². The van der Waals surface area contributed by atoms with Gasteiger partial charge in [0.05, 0.1) is 23.3 Å². The summed E-state index contributed by atoms with van der Waals surface area (Å²) in [5.41, 5.74) is -0.0324. The fourth-order valence-corrected chi connectivity index (χ4v) is 3.83. The van der Waals surface area contributed by atoms with Crippen LogP contribution in [0.4, 0.5) is 5.69 Å². The lowest BCUT2D eigenvalue weighted by atomic mass is 10.1. The SMILES string of the molecule is Cc1nnc2n1CC(C(=O)O)N(C(=O)C(C)Sc1ccc([N+](=O)[O-])cc1)C2. The Balaban J connectivity index is 1.76. The Morgan fingerprint density at radius 2 is 2.00 bits per heavy atom. The van der Waals surface area contributed by atoms with E-state index in [0.29, 0.717) is 16.5 Å². The van der Waals surface area contributed by atoms with Crippen LogP contribution < -0.4 is 0 Å². The van der Waals surface area contributed by atoms with Crippen LogP contribution in [-0.4, -0.2) is 52.9 Å². The van der Waals surface area contributed by atoms with E-state index in [1.165, 1.54) is 28.8 Å². The van der Waals surface area contributed by atoms with E-state index < -0.39 is 22.2 Å². The van der Waals surface area contributed by atoms with Crippen molar-refractivity contribution in [3.63, 3.8) is 0 Å². The van der Waals surface area contributed by atoms with Crippen molar-refractivity contribution >= 4 is 29.3 Å². The lowest BCUT2D eigenvalue weighted by Crippen LogP contribution is -2.52. The van der Waals surface area contributed by atoms with Crippen molar-refractivity contribution in [1.82, 2.24) is 19.7 Å². The van der Waals surface area contributed by atoms with Gasteiger partial charge in [0, 0.05) is 17.0 Å². The number of rotatable bonds is 5. The molecule has 0 radical (unpaired) electrons. The number of benzene rings is 1. The van der Waals surface area contributed by atoms with Gasteiger partial charge in [0.2, 0.25) is 5.91 Å². The predicted molar refractivity (Wildman–Crippen MR) is 95.1 cm³/mol. The smallest absolute Gasteiger partial charge is 0.328 e. The monoisotopic (exact) mass is 391 g/mol. The van der Waals surface area contributed by atoms with Gasteiger partial charge < -0.3 is 14.6 Å². The maximum atomic E-state index is 12.9. The van der Waals surface area contributed by atoms with Crippen LogP contribution in [0.25, 0.3) is 0 Å². The Labute approximate surface area is 158 Å².